The van der Waals surface area contributed by atoms with Crippen LogP contribution in [0.4, 0.5) is 4.39 Å². The lowest BCUT2D eigenvalue weighted by molar-refractivity contribution is -0.132. The summed E-state index contributed by atoms with van der Waals surface area (Å²) >= 11 is 0. The van der Waals surface area contributed by atoms with E-state index >= 15 is 0 Å². The average molecular weight is 383 g/mol. The lowest BCUT2D eigenvalue weighted by Crippen LogP contribution is -2.45. The normalized spacial score (nSPS) is 17.4. The van der Waals surface area contributed by atoms with E-state index in [4.69, 9.17) is 5.73 Å². The number of benzene rings is 2. The van der Waals surface area contributed by atoms with Crippen LogP contribution in [0.1, 0.15) is 35.2 Å². The molecule has 1 aliphatic rings. The molecule has 1 unspecified atom stereocenters. The summed E-state index contributed by atoms with van der Waals surface area (Å²) in [6, 6.07) is 14.9. The van der Waals surface area contributed by atoms with Crippen molar-refractivity contribution in [2.24, 2.45) is 5.73 Å². The van der Waals surface area contributed by atoms with Gasteiger partial charge >= 0.3 is 0 Å². The van der Waals surface area contributed by atoms with Gasteiger partial charge in [0.1, 0.15) is 5.82 Å². The Labute approximate surface area is 164 Å². The quantitative estimate of drug-likeness (QED) is 0.771. The number of hydrogen-bond acceptors (Lipinski definition) is 3. The number of nitrogens with one attached hydrogen (secondary N) is 1. The largest absolute Gasteiger partial charge is 0.350 e. The molecule has 28 heavy (non-hydrogen) atoms. The van der Waals surface area contributed by atoms with Crippen molar-refractivity contribution in [3.8, 4) is 0 Å². The van der Waals surface area contributed by atoms with Gasteiger partial charge in [-0.05, 0) is 49.1 Å². The number of rotatable bonds is 7. The molecule has 2 aromatic rings. The summed E-state index contributed by atoms with van der Waals surface area (Å²) < 4.78 is 13.3. The highest BCUT2D eigenvalue weighted by molar-refractivity contribution is 5.94. The molecule has 0 aliphatic carbocycles. The molecule has 6 heteroatoms. The maximum absolute atomic E-state index is 13.3. The second kappa shape index (κ2) is 9.46. The van der Waals surface area contributed by atoms with Crippen LogP contribution in [0, 0.1) is 5.82 Å². The molecule has 0 bridgehead atoms. The van der Waals surface area contributed by atoms with Gasteiger partial charge < -0.3 is 16.0 Å². The number of carbonyl (C=O) groups excluding carboxylic acids is 2. The molecule has 3 N–H and O–H groups in total. The van der Waals surface area contributed by atoms with Crippen molar-refractivity contribution in [3.05, 3.63) is 71.5 Å². The average Bonchev–Trinajstić information content (AvgIpc) is 3.15. The molecule has 2 atom stereocenters. The van der Waals surface area contributed by atoms with E-state index in [2.05, 4.69) is 5.32 Å². The van der Waals surface area contributed by atoms with Crippen LogP contribution in [-0.2, 0) is 11.2 Å². The van der Waals surface area contributed by atoms with E-state index in [9.17, 15) is 14.0 Å². The molecule has 2 aromatic carbocycles. The summed E-state index contributed by atoms with van der Waals surface area (Å²) in [4.78, 5) is 26.7. The maximum Gasteiger partial charge on any atom is 0.251 e. The van der Waals surface area contributed by atoms with Gasteiger partial charge in [-0.25, -0.2) is 4.39 Å². The van der Waals surface area contributed by atoms with Gasteiger partial charge in [-0.3, -0.25) is 9.59 Å². The third-order valence-electron chi connectivity index (χ3n) is 5.06. The standard InChI is InChI=1S/C22H26FN3O2/c23-18-9-4-6-16(12-18)13-19(24)14-21(27)26-11-5-10-20(26)15-25-22(28)17-7-2-1-3-8-17/h1-4,6-9,12,19-20H,5,10-11,13-15,24H2,(H,25,28)/t19?,20-/m0/s1. The van der Waals surface area contributed by atoms with Crippen molar-refractivity contribution in [1.29, 1.82) is 0 Å². The van der Waals surface area contributed by atoms with E-state index in [-0.39, 0.29) is 36.1 Å². The van der Waals surface area contributed by atoms with Gasteiger partial charge in [0.25, 0.3) is 5.91 Å². The first-order valence-corrected chi connectivity index (χ1v) is 9.65. The lowest BCUT2D eigenvalue weighted by Gasteiger charge is -2.26. The topological polar surface area (TPSA) is 75.4 Å². The van der Waals surface area contributed by atoms with E-state index in [1.165, 1.54) is 12.1 Å². The number of likely N-dealkylation sites (tertiary alicyclic amines) is 1. The summed E-state index contributed by atoms with van der Waals surface area (Å²) in [5.74, 6) is -0.451. The van der Waals surface area contributed by atoms with E-state index in [0.29, 0.717) is 25.1 Å². The Morgan fingerprint density at radius 1 is 1.18 bits per heavy atom. The van der Waals surface area contributed by atoms with Crippen LogP contribution in [0.3, 0.4) is 0 Å². The second-order valence-electron chi connectivity index (χ2n) is 7.26. The SMILES string of the molecule is NC(CC(=O)N1CCC[C@H]1CNC(=O)c1ccccc1)Cc1cccc(F)c1. The van der Waals surface area contributed by atoms with Crippen LogP contribution >= 0.6 is 0 Å². The van der Waals surface area contributed by atoms with Crippen molar-refractivity contribution >= 4 is 11.8 Å². The van der Waals surface area contributed by atoms with Crippen molar-refractivity contribution in [2.75, 3.05) is 13.1 Å². The van der Waals surface area contributed by atoms with Crippen LogP contribution < -0.4 is 11.1 Å². The van der Waals surface area contributed by atoms with Crippen molar-refractivity contribution in [3.63, 3.8) is 0 Å². The van der Waals surface area contributed by atoms with Gasteiger partial charge in [0, 0.05) is 37.2 Å². The molecule has 1 heterocycles. The number of halogens is 1. The summed E-state index contributed by atoms with van der Waals surface area (Å²) in [7, 11) is 0. The Balaban J connectivity index is 1.50. The van der Waals surface area contributed by atoms with E-state index < -0.39 is 0 Å². The highest BCUT2D eigenvalue weighted by Gasteiger charge is 2.29. The summed E-state index contributed by atoms with van der Waals surface area (Å²) in [5, 5.41) is 2.92. The van der Waals surface area contributed by atoms with Gasteiger partial charge in [-0.2, -0.15) is 0 Å². The molecular formula is C22H26FN3O2. The first kappa shape index (κ1) is 20.0. The minimum absolute atomic E-state index is 0.0125. The number of hydrogen-bond donors (Lipinski definition) is 2. The molecule has 1 aliphatic heterocycles. The second-order valence-corrected chi connectivity index (χ2v) is 7.26. The van der Waals surface area contributed by atoms with Crippen molar-refractivity contribution in [1.82, 2.24) is 10.2 Å². The highest BCUT2D eigenvalue weighted by atomic mass is 19.1. The molecule has 3 rings (SSSR count). The first-order valence-electron chi connectivity index (χ1n) is 9.65. The number of nitrogens with zero attached hydrogens (tertiary/aromatic N) is 1. The fourth-order valence-electron chi connectivity index (χ4n) is 3.66. The Morgan fingerprint density at radius 2 is 1.96 bits per heavy atom. The zero-order valence-electron chi connectivity index (χ0n) is 15.8. The third-order valence-corrected chi connectivity index (χ3v) is 5.06. The molecule has 1 saturated heterocycles. The number of carbonyl (C=O) groups is 2. The monoisotopic (exact) mass is 383 g/mol. The van der Waals surface area contributed by atoms with E-state index in [1.54, 1.807) is 18.2 Å². The zero-order chi connectivity index (χ0) is 19.9. The molecule has 1 fully saturated rings. The lowest BCUT2D eigenvalue weighted by atomic mass is 10.0. The predicted octanol–water partition coefficient (Wildman–Crippen LogP) is 2.51. The van der Waals surface area contributed by atoms with Crippen LogP contribution in [0.2, 0.25) is 0 Å². The number of nitrogens with two attached hydrogens (primary N) is 1. The van der Waals surface area contributed by atoms with E-state index in [1.807, 2.05) is 29.2 Å². The van der Waals surface area contributed by atoms with Gasteiger partial charge in [0.15, 0.2) is 0 Å². The fourth-order valence-corrected chi connectivity index (χ4v) is 3.66. The highest BCUT2D eigenvalue weighted by Crippen LogP contribution is 2.19. The van der Waals surface area contributed by atoms with Crippen LogP contribution in [0.15, 0.2) is 54.6 Å². The van der Waals surface area contributed by atoms with E-state index in [0.717, 1.165) is 18.4 Å². The molecule has 0 aromatic heterocycles. The minimum atomic E-state index is -0.366. The van der Waals surface area contributed by atoms with Crippen molar-refractivity contribution in [2.45, 2.75) is 37.8 Å². The molecule has 5 nitrogen and oxygen atoms in total. The van der Waals surface area contributed by atoms with Gasteiger partial charge in [0.2, 0.25) is 5.91 Å². The van der Waals surface area contributed by atoms with Crippen LogP contribution in [-0.4, -0.2) is 41.9 Å². The number of amides is 2. The molecule has 148 valence electrons. The summed E-state index contributed by atoms with van der Waals surface area (Å²) in [6.07, 6.45) is 2.43. The maximum atomic E-state index is 13.3. The summed E-state index contributed by atoms with van der Waals surface area (Å²) in [6.45, 7) is 1.11. The third kappa shape index (κ3) is 5.39. The van der Waals surface area contributed by atoms with Crippen LogP contribution in [0.5, 0.6) is 0 Å². The predicted molar refractivity (Wildman–Crippen MR) is 106 cm³/mol. The molecule has 0 saturated carbocycles. The van der Waals surface area contributed by atoms with Crippen molar-refractivity contribution < 1.29 is 14.0 Å². The molecule has 0 radical (unpaired) electrons. The minimum Gasteiger partial charge on any atom is -0.350 e. The van der Waals surface area contributed by atoms with Gasteiger partial charge in [-0.15, -0.1) is 0 Å². The molecule has 0 spiro atoms. The zero-order valence-corrected chi connectivity index (χ0v) is 15.8. The Hall–Kier alpha value is -2.73. The fraction of sp³-hybridized carbons (Fsp3) is 0.364. The van der Waals surface area contributed by atoms with Gasteiger partial charge in [0.05, 0.1) is 0 Å². The Bertz CT molecular complexity index is 812. The molecular weight excluding hydrogens is 357 g/mol. The smallest absolute Gasteiger partial charge is 0.251 e. The molecule has 2 amide bonds. The van der Waals surface area contributed by atoms with Crippen LogP contribution in [0.25, 0.3) is 0 Å². The first-order chi connectivity index (χ1) is 13.5. The summed E-state index contributed by atoms with van der Waals surface area (Å²) in [5.41, 5.74) is 7.52. The Morgan fingerprint density at radius 3 is 2.71 bits per heavy atom. The Kier molecular flexibility index (Phi) is 6.76. The van der Waals surface area contributed by atoms with Gasteiger partial charge in [-0.1, -0.05) is 30.3 Å².